The number of hydrogen-bond acceptors (Lipinski definition) is 2. The highest BCUT2D eigenvalue weighted by molar-refractivity contribution is 5.94. The van der Waals surface area contributed by atoms with Crippen molar-refractivity contribution in [3.05, 3.63) is 78.5 Å². The minimum Gasteiger partial charge on any atom is -0.457 e. The Bertz CT molecular complexity index is 1060. The van der Waals surface area contributed by atoms with E-state index in [4.69, 9.17) is 4.74 Å². The topological polar surface area (TPSA) is 37.9 Å². The summed E-state index contributed by atoms with van der Waals surface area (Å²) in [4.78, 5) is 0. The van der Waals surface area contributed by atoms with Crippen LogP contribution in [0, 0.1) is 0 Å². The molecule has 0 unspecified atom stereocenters. The van der Waals surface area contributed by atoms with E-state index in [2.05, 4.69) is 34.5 Å². The summed E-state index contributed by atoms with van der Waals surface area (Å²) < 4.78 is 5.94. The van der Waals surface area contributed by atoms with Gasteiger partial charge in [0.15, 0.2) is 0 Å². The summed E-state index contributed by atoms with van der Waals surface area (Å²) in [7, 11) is 0. The molecule has 1 aliphatic rings. The van der Waals surface area contributed by atoms with Gasteiger partial charge in [-0.2, -0.15) is 5.10 Å². The highest BCUT2D eigenvalue weighted by atomic mass is 16.5. The number of nitrogens with one attached hydrogen (secondary N) is 1. The molecule has 1 heterocycles. The molecule has 1 saturated carbocycles. The molecule has 3 heteroatoms. The number of H-pyrrole nitrogens is 1. The van der Waals surface area contributed by atoms with E-state index >= 15 is 0 Å². The molecule has 3 nitrogen and oxygen atoms in total. The highest BCUT2D eigenvalue weighted by Crippen LogP contribution is 2.38. The van der Waals surface area contributed by atoms with E-state index < -0.39 is 0 Å². The number of ether oxygens (including phenoxy) is 1. The number of aromatic amines is 1. The summed E-state index contributed by atoms with van der Waals surface area (Å²) in [6, 6.07) is 22.9. The lowest BCUT2D eigenvalue weighted by atomic mass is 9.82. The molecule has 3 aromatic carbocycles. The maximum Gasteiger partial charge on any atom is 0.127 e. The van der Waals surface area contributed by atoms with Crippen LogP contribution in [0.1, 0.15) is 43.6 Å². The second kappa shape index (κ2) is 7.51. The molecule has 1 N–H and O–H groups in total. The largest absolute Gasteiger partial charge is 0.457 e. The van der Waals surface area contributed by atoms with E-state index in [1.807, 2.05) is 48.7 Å². The predicted molar refractivity (Wildman–Crippen MR) is 114 cm³/mol. The van der Waals surface area contributed by atoms with Gasteiger partial charge in [-0.1, -0.05) is 49.6 Å². The summed E-state index contributed by atoms with van der Waals surface area (Å²) in [5.74, 6) is 2.37. The van der Waals surface area contributed by atoms with Gasteiger partial charge in [-0.25, -0.2) is 0 Å². The second-order valence-electron chi connectivity index (χ2n) is 7.68. The molecule has 0 radical (unpaired) electrons. The van der Waals surface area contributed by atoms with Crippen LogP contribution in [0.15, 0.2) is 72.9 Å². The number of para-hydroxylation sites is 1. The first-order valence-corrected chi connectivity index (χ1v) is 10.2. The van der Waals surface area contributed by atoms with Crippen LogP contribution in [0.5, 0.6) is 11.5 Å². The predicted octanol–water partition coefficient (Wildman–Crippen LogP) is 7.07. The van der Waals surface area contributed by atoms with Gasteiger partial charge in [0, 0.05) is 10.9 Å². The zero-order valence-corrected chi connectivity index (χ0v) is 15.9. The Kier molecular flexibility index (Phi) is 4.58. The molecular weight excluding hydrogens is 344 g/mol. The lowest BCUT2D eigenvalue weighted by molar-refractivity contribution is 0.444. The Morgan fingerprint density at radius 3 is 2.36 bits per heavy atom. The molecule has 0 amide bonds. The fourth-order valence-electron chi connectivity index (χ4n) is 4.31. The number of benzene rings is 3. The van der Waals surface area contributed by atoms with Gasteiger partial charge in [0.05, 0.1) is 11.7 Å². The fraction of sp³-hybridized carbons (Fsp3) is 0.240. The fourth-order valence-corrected chi connectivity index (χ4v) is 4.31. The first-order chi connectivity index (χ1) is 13.9. The Balaban J connectivity index is 1.48. The van der Waals surface area contributed by atoms with Crippen LogP contribution in [-0.4, -0.2) is 10.2 Å². The molecule has 4 aromatic rings. The standard InChI is InChI=1S/C25H24N2O/c1-3-7-18(8-4-1)20-15-21-17-26-27-25(21)24(16-20)19-11-13-23(14-12-19)28-22-9-5-2-6-10-22/h2,5-6,9-18H,1,3-4,7-8H2,(H,26,27). The molecule has 28 heavy (non-hydrogen) atoms. The molecule has 140 valence electrons. The summed E-state index contributed by atoms with van der Waals surface area (Å²) >= 11 is 0. The third kappa shape index (κ3) is 3.40. The summed E-state index contributed by atoms with van der Waals surface area (Å²) in [5, 5.41) is 8.68. The van der Waals surface area contributed by atoms with Crippen LogP contribution < -0.4 is 4.74 Å². The van der Waals surface area contributed by atoms with E-state index in [-0.39, 0.29) is 0 Å². The number of nitrogens with zero attached hydrogens (tertiary/aromatic N) is 1. The third-order valence-electron chi connectivity index (χ3n) is 5.79. The van der Waals surface area contributed by atoms with E-state index in [0.717, 1.165) is 17.0 Å². The minimum atomic E-state index is 0.674. The second-order valence-corrected chi connectivity index (χ2v) is 7.68. The monoisotopic (exact) mass is 368 g/mol. The van der Waals surface area contributed by atoms with Crippen LogP contribution in [0.3, 0.4) is 0 Å². The number of rotatable bonds is 4. The van der Waals surface area contributed by atoms with E-state index in [9.17, 15) is 0 Å². The molecule has 1 aliphatic carbocycles. The molecule has 0 saturated heterocycles. The third-order valence-corrected chi connectivity index (χ3v) is 5.79. The van der Waals surface area contributed by atoms with Crippen molar-refractivity contribution < 1.29 is 4.74 Å². The Hall–Kier alpha value is -3.07. The summed E-state index contributed by atoms with van der Waals surface area (Å²) in [5.41, 5.74) is 4.97. The normalized spacial score (nSPS) is 15.0. The van der Waals surface area contributed by atoms with Crippen LogP contribution in [0.4, 0.5) is 0 Å². The van der Waals surface area contributed by atoms with Gasteiger partial charge >= 0.3 is 0 Å². The maximum absolute atomic E-state index is 5.94. The molecular formula is C25H24N2O. The van der Waals surface area contributed by atoms with Gasteiger partial charge in [0.1, 0.15) is 11.5 Å². The zero-order chi connectivity index (χ0) is 18.8. The SMILES string of the molecule is c1ccc(Oc2ccc(-c3cc(C4CCCCC4)cc4cn[nH]c34)cc2)cc1. The Morgan fingerprint density at radius 1 is 0.821 bits per heavy atom. The van der Waals surface area contributed by atoms with E-state index in [1.165, 1.54) is 54.2 Å². The van der Waals surface area contributed by atoms with Crippen molar-refractivity contribution in [3.63, 3.8) is 0 Å². The molecule has 5 rings (SSSR count). The van der Waals surface area contributed by atoms with Crippen molar-refractivity contribution >= 4 is 10.9 Å². The average Bonchev–Trinajstić information content (AvgIpc) is 3.24. The minimum absolute atomic E-state index is 0.674. The van der Waals surface area contributed by atoms with Gasteiger partial charge in [0.25, 0.3) is 0 Å². The maximum atomic E-state index is 5.94. The van der Waals surface area contributed by atoms with Gasteiger partial charge in [0.2, 0.25) is 0 Å². The van der Waals surface area contributed by atoms with Gasteiger partial charge in [-0.05, 0) is 66.3 Å². The van der Waals surface area contributed by atoms with Crippen molar-refractivity contribution in [2.45, 2.75) is 38.0 Å². The molecule has 0 atom stereocenters. The van der Waals surface area contributed by atoms with Gasteiger partial charge in [-0.3, -0.25) is 5.10 Å². The van der Waals surface area contributed by atoms with Crippen molar-refractivity contribution in [2.75, 3.05) is 0 Å². The summed E-state index contributed by atoms with van der Waals surface area (Å²) in [6.07, 6.45) is 8.60. The van der Waals surface area contributed by atoms with E-state index in [1.54, 1.807) is 0 Å². The molecule has 1 fully saturated rings. The number of hydrogen-bond donors (Lipinski definition) is 1. The lowest BCUT2D eigenvalue weighted by Gasteiger charge is -2.23. The molecule has 0 spiro atoms. The van der Waals surface area contributed by atoms with Crippen LogP contribution in [-0.2, 0) is 0 Å². The van der Waals surface area contributed by atoms with Gasteiger partial charge < -0.3 is 4.74 Å². The zero-order valence-electron chi connectivity index (χ0n) is 15.9. The van der Waals surface area contributed by atoms with Crippen LogP contribution in [0.2, 0.25) is 0 Å². The van der Waals surface area contributed by atoms with Crippen LogP contribution >= 0.6 is 0 Å². The molecule has 1 aromatic heterocycles. The van der Waals surface area contributed by atoms with Crippen molar-refractivity contribution in [2.24, 2.45) is 0 Å². The summed E-state index contributed by atoms with van der Waals surface area (Å²) in [6.45, 7) is 0. The first-order valence-electron chi connectivity index (χ1n) is 10.2. The van der Waals surface area contributed by atoms with Crippen molar-refractivity contribution in [3.8, 4) is 22.6 Å². The molecule has 0 aliphatic heterocycles. The van der Waals surface area contributed by atoms with Crippen molar-refractivity contribution in [1.82, 2.24) is 10.2 Å². The smallest absolute Gasteiger partial charge is 0.127 e. The first kappa shape index (κ1) is 17.1. The lowest BCUT2D eigenvalue weighted by Crippen LogP contribution is -2.04. The number of aromatic nitrogens is 2. The molecule has 0 bridgehead atoms. The van der Waals surface area contributed by atoms with Crippen LogP contribution in [0.25, 0.3) is 22.0 Å². The number of fused-ring (bicyclic) bond motifs is 1. The average molecular weight is 368 g/mol. The Morgan fingerprint density at radius 2 is 1.57 bits per heavy atom. The van der Waals surface area contributed by atoms with Crippen molar-refractivity contribution in [1.29, 1.82) is 0 Å². The van der Waals surface area contributed by atoms with E-state index in [0.29, 0.717) is 5.92 Å². The van der Waals surface area contributed by atoms with Gasteiger partial charge in [-0.15, -0.1) is 0 Å². The quantitative estimate of drug-likeness (QED) is 0.418. The Labute approximate surface area is 165 Å². The highest BCUT2D eigenvalue weighted by Gasteiger charge is 2.18.